The molecule has 4 nitrogen and oxygen atoms in total. The number of para-hydroxylation sites is 1. The predicted molar refractivity (Wildman–Crippen MR) is 110 cm³/mol. The molecular weight excluding hydrogens is 435 g/mol. The number of carbonyl (C=O) groups is 1. The molecule has 0 spiro atoms. The van der Waals surface area contributed by atoms with E-state index < -0.39 is 0 Å². The number of carbonyl (C=O) groups excluding carboxylic acids is 1. The van der Waals surface area contributed by atoms with Crippen LogP contribution in [0.1, 0.15) is 23.2 Å². The van der Waals surface area contributed by atoms with Gasteiger partial charge in [-0.2, -0.15) is 0 Å². The smallest absolute Gasteiger partial charge is 0.262 e. The number of benzene rings is 1. The number of rotatable bonds is 4. The van der Waals surface area contributed by atoms with Crippen LogP contribution in [0.5, 0.6) is 0 Å². The molecule has 4 rings (SSSR count). The zero-order valence-electron chi connectivity index (χ0n) is 13.4. The fraction of sp³-hybridized carbons (Fsp3) is 0.294. The van der Waals surface area contributed by atoms with Gasteiger partial charge in [-0.1, -0.05) is 52.2 Å². The Labute approximate surface area is 173 Å². The first-order valence-electron chi connectivity index (χ1n) is 7.96. The topological polar surface area (TPSA) is 42.4 Å². The van der Waals surface area contributed by atoms with Gasteiger partial charge in [-0.3, -0.25) is 9.69 Å². The molecule has 1 unspecified atom stereocenters. The highest BCUT2D eigenvalue weighted by atomic mass is 35.5. The lowest BCUT2D eigenvalue weighted by Gasteiger charge is -2.22. The number of fused-ring (bicyclic) bond motifs is 1. The molecule has 3 heterocycles. The summed E-state index contributed by atoms with van der Waals surface area (Å²) in [5.41, 5.74) is 1.07. The zero-order chi connectivity index (χ0) is 18.3. The standard InChI is InChI=1S/C17H13Cl3N2O2S2/c18-11-4-1-5-12-14(11)21-17(25-12)22(8-9-3-2-6-24-9)16(23)10-7-13(19)26-15(10)20/h1,4-5,7,9H,2-3,6,8H2. The molecule has 1 atom stereocenters. The second kappa shape index (κ2) is 7.62. The van der Waals surface area contributed by atoms with Gasteiger partial charge in [0.2, 0.25) is 0 Å². The van der Waals surface area contributed by atoms with Crippen molar-refractivity contribution in [2.24, 2.45) is 0 Å². The summed E-state index contributed by atoms with van der Waals surface area (Å²) in [6.45, 7) is 1.13. The minimum atomic E-state index is -0.233. The van der Waals surface area contributed by atoms with Gasteiger partial charge in [0.1, 0.15) is 9.85 Å². The first kappa shape index (κ1) is 18.5. The Balaban J connectivity index is 1.75. The van der Waals surface area contributed by atoms with Gasteiger partial charge in [0.05, 0.1) is 32.3 Å². The van der Waals surface area contributed by atoms with Crippen molar-refractivity contribution in [3.63, 3.8) is 0 Å². The first-order chi connectivity index (χ1) is 12.5. The van der Waals surface area contributed by atoms with Crippen LogP contribution in [0, 0.1) is 0 Å². The van der Waals surface area contributed by atoms with Crippen molar-refractivity contribution < 1.29 is 9.53 Å². The fourth-order valence-electron chi connectivity index (χ4n) is 2.89. The maximum absolute atomic E-state index is 13.2. The minimum Gasteiger partial charge on any atom is -0.376 e. The SMILES string of the molecule is O=C(c1cc(Cl)sc1Cl)N(CC1CCCO1)c1nc2c(Cl)cccc2s1. The summed E-state index contributed by atoms with van der Waals surface area (Å²) in [6, 6.07) is 7.19. The second-order valence-corrected chi connectivity index (χ2v) is 9.57. The van der Waals surface area contributed by atoms with E-state index in [1.165, 1.54) is 22.7 Å². The summed E-state index contributed by atoms with van der Waals surface area (Å²) in [5, 5.41) is 1.14. The van der Waals surface area contributed by atoms with Crippen molar-refractivity contribution >= 4 is 78.7 Å². The van der Waals surface area contributed by atoms with Crippen LogP contribution in [0.3, 0.4) is 0 Å². The van der Waals surface area contributed by atoms with E-state index in [0.29, 0.717) is 43.1 Å². The number of hydrogen-bond donors (Lipinski definition) is 0. The molecule has 1 aromatic carbocycles. The summed E-state index contributed by atoms with van der Waals surface area (Å²) in [6.07, 6.45) is 1.88. The Morgan fingerprint density at radius 3 is 2.81 bits per heavy atom. The third kappa shape index (κ3) is 3.59. The summed E-state index contributed by atoms with van der Waals surface area (Å²) in [5.74, 6) is -0.233. The van der Waals surface area contributed by atoms with E-state index in [1.54, 1.807) is 17.0 Å². The van der Waals surface area contributed by atoms with Crippen LogP contribution in [0.2, 0.25) is 13.7 Å². The maximum atomic E-state index is 13.2. The fourth-order valence-corrected chi connectivity index (χ4v) is 5.61. The van der Waals surface area contributed by atoms with Gasteiger partial charge in [-0.15, -0.1) is 11.3 Å². The Kier molecular flexibility index (Phi) is 5.41. The molecule has 9 heteroatoms. The van der Waals surface area contributed by atoms with Gasteiger partial charge in [0.25, 0.3) is 5.91 Å². The van der Waals surface area contributed by atoms with Crippen molar-refractivity contribution in [1.29, 1.82) is 0 Å². The van der Waals surface area contributed by atoms with Gasteiger partial charge in [-0.25, -0.2) is 4.98 Å². The number of anilines is 1. The number of thiazole rings is 1. The molecule has 0 radical (unpaired) electrons. The van der Waals surface area contributed by atoms with Crippen LogP contribution in [0.25, 0.3) is 10.2 Å². The maximum Gasteiger partial charge on any atom is 0.262 e. The quantitative estimate of drug-likeness (QED) is 0.482. The molecule has 1 saturated heterocycles. The molecule has 1 amide bonds. The zero-order valence-corrected chi connectivity index (χ0v) is 17.3. The number of amides is 1. The number of halogens is 3. The predicted octanol–water partition coefficient (Wildman–Crippen LogP) is 6.14. The van der Waals surface area contributed by atoms with E-state index >= 15 is 0 Å². The lowest BCUT2D eigenvalue weighted by molar-refractivity contribution is 0.0918. The molecule has 3 aromatic rings. The Morgan fingerprint density at radius 1 is 1.31 bits per heavy atom. The van der Waals surface area contributed by atoms with Gasteiger partial charge in [0, 0.05) is 6.61 Å². The van der Waals surface area contributed by atoms with Crippen LogP contribution in [0.15, 0.2) is 24.3 Å². The van der Waals surface area contributed by atoms with E-state index in [0.717, 1.165) is 17.5 Å². The van der Waals surface area contributed by atoms with E-state index in [9.17, 15) is 4.79 Å². The number of aromatic nitrogens is 1. The average molecular weight is 448 g/mol. The van der Waals surface area contributed by atoms with Crippen molar-refractivity contribution in [3.05, 3.63) is 43.5 Å². The molecule has 0 N–H and O–H groups in total. The second-order valence-electron chi connectivity index (χ2n) is 5.87. The van der Waals surface area contributed by atoms with Crippen molar-refractivity contribution in [3.8, 4) is 0 Å². The summed E-state index contributed by atoms with van der Waals surface area (Å²) >= 11 is 21.1. The van der Waals surface area contributed by atoms with Crippen LogP contribution >= 0.6 is 57.5 Å². The Bertz CT molecular complexity index is 966. The Morgan fingerprint density at radius 2 is 2.15 bits per heavy atom. The van der Waals surface area contributed by atoms with Crippen LogP contribution in [-0.4, -0.2) is 30.1 Å². The average Bonchev–Trinajstić information content (AvgIpc) is 3.32. The number of ether oxygens (including phenoxy) is 1. The first-order valence-corrected chi connectivity index (χ1v) is 10.7. The molecule has 1 fully saturated rings. The van der Waals surface area contributed by atoms with Gasteiger partial charge in [-0.05, 0) is 31.0 Å². The van der Waals surface area contributed by atoms with E-state index in [-0.39, 0.29) is 12.0 Å². The monoisotopic (exact) mass is 446 g/mol. The number of nitrogens with zero attached hydrogens (tertiary/aromatic N) is 2. The van der Waals surface area contributed by atoms with E-state index in [2.05, 4.69) is 4.98 Å². The Hall–Kier alpha value is -0.890. The van der Waals surface area contributed by atoms with Gasteiger partial charge >= 0.3 is 0 Å². The normalized spacial score (nSPS) is 17.1. The van der Waals surface area contributed by atoms with Crippen molar-refractivity contribution in [2.75, 3.05) is 18.1 Å². The highest BCUT2D eigenvalue weighted by molar-refractivity contribution is 7.22. The lowest BCUT2D eigenvalue weighted by Crippen LogP contribution is -2.37. The lowest BCUT2D eigenvalue weighted by atomic mass is 10.2. The summed E-state index contributed by atoms with van der Waals surface area (Å²) < 4.78 is 7.49. The molecule has 2 aromatic heterocycles. The summed E-state index contributed by atoms with van der Waals surface area (Å²) in [4.78, 5) is 19.4. The third-order valence-electron chi connectivity index (χ3n) is 4.13. The molecule has 1 aliphatic rings. The summed E-state index contributed by atoms with van der Waals surface area (Å²) in [7, 11) is 0. The highest BCUT2D eigenvalue weighted by Crippen LogP contribution is 2.37. The molecular formula is C17H13Cl3N2O2S2. The third-order valence-corrected chi connectivity index (χ3v) is 6.97. The highest BCUT2D eigenvalue weighted by Gasteiger charge is 2.29. The van der Waals surface area contributed by atoms with Crippen molar-refractivity contribution in [2.45, 2.75) is 18.9 Å². The largest absolute Gasteiger partial charge is 0.376 e. The van der Waals surface area contributed by atoms with Crippen molar-refractivity contribution in [1.82, 2.24) is 4.98 Å². The van der Waals surface area contributed by atoms with Crippen LogP contribution in [-0.2, 0) is 4.74 Å². The van der Waals surface area contributed by atoms with E-state index in [1.807, 2.05) is 12.1 Å². The van der Waals surface area contributed by atoms with Gasteiger partial charge in [0.15, 0.2) is 5.13 Å². The molecule has 136 valence electrons. The molecule has 0 aliphatic carbocycles. The molecule has 1 aliphatic heterocycles. The molecule has 26 heavy (non-hydrogen) atoms. The molecule has 0 bridgehead atoms. The van der Waals surface area contributed by atoms with Gasteiger partial charge < -0.3 is 4.74 Å². The minimum absolute atomic E-state index is 0.0192. The molecule has 0 saturated carbocycles. The van der Waals surface area contributed by atoms with Crippen LogP contribution in [0.4, 0.5) is 5.13 Å². The number of hydrogen-bond acceptors (Lipinski definition) is 5. The van der Waals surface area contributed by atoms with E-state index in [4.69, 9.17) is 39.5 Å². The van der Waals surface area contributed by atoms with Crippen LogP contribution < -0.4 is 4.90 Å². The number of thiophene rings is 1.